The minimum atomic E-state index is -0.356. The maximum atomic E-state index is 12.2. The Morgan fingerprint density at radius 3 is 2.26 bits per heavy atom. The molecular weight excluding hydrogens is 406 g/mol. The molecule has 0 aromatic heterocycles. The summed E-state index contributed by atoms with van der Waals surface area (Å²) in [4.78, 5) is 34.7. The Bertz CT molecular complexity index is 510. The molecule has 1 unspecified atom stereocenters. The number of hydroxylamine groups is 7. The molecule has 0 spiro atoms. The highest BCUT2D eigenvalue weighted by molar-refractivity contribution is 5.78. The molecule has 0 saturated heterocycles. The first-order valence-electron chi connectivity index (χ1n) is 10.6. The van der Waals surface area contributed by atoms with Gasteiger partial charge in [-0.05, 0) is 26.8 Å². The van der Waals surface area contributed by atoms with Crippen LogP contribution in [0.2, 0.25) is 0 Å². The summed E-state index contributed by atoms with van der Waals surface area (Å²) in [6, 6.07) is 0. The van der Waals surface area contributed by atoms with Gasteiger partial charge in [0.1, 0.15) is 0 Å². The van der Waals surface area contributed by atoms with E-state index in [1.165, 1.54) is 10.1 Å². The van der Waals surface area contributed by atoms with E-state index in [1.807, 2.05) is 20.8 Å². The van der Waals surface area contributed by atoms with E-state index in [4.69, 9.17) is 20.3 Å². The lowest BCUT2D eigenvalue weighted by atomic mass is 10.0. The number of nitrogens with one attached hydrogen (secondary N) is 3. The first-order chi connectivity index (χ1) is 14.5. The Balaban J connectivity index is 3.98. The van der Waals surface area contributed by atoms with Gasteiger partial charge in [0, 0.05) is 40.7 Å². The molecule has 5 N–H and O–H groups in total. The average molecular weight is 450 g/mol. The number of rotatable bonds is 18. The van der Waals surface area contributed by atoms with Gasteiger partial charge >= 0.3 is 0 Å². The molecule has 0 radical (unpaired) electrons. The van der Waals surface area contributed by atoms with Crippen LogP contribution in [0, 0.1) is 5.92 Å². The summed E-state index contributed by atoms with van der Waals surface area (Å²) in [6.07, 6.45) is 0.987. The molecule has 0 heterocycles. The maximum absolute atomic E-state index is 12.2. The largest absolute Gasteiger partial charge is 0.375 e. The Morgan fingerprint density at radius 1 is 1.06 bits per heavy atom. The molecule has 0 aliphatic rings. The standard InChI is InChI=1S/C19H43N7O5/c1-8-24(5)30-23-12-9-17(27)21-14-25(6)31-26(7)15-22-18(28)16(2)13-29-19(3,4)10-11-20/h16,23H,8-15,20H2,1-7H3,(H,21,27)(H,22,28). The molecule has 1 atom stereocenters. The third-order valence-corrected chi connectivity index (χ3v) is 4.29. The van der Waals surface area contributed by atoms with Crippen molar-refractivity contribution in [1.29, 1.82) is 0 Å². The smallest absolute Gasteiger partial charge is 0.226 e. The van der Waals surface area contributed by atoms with Crippen LogP contribution in [0.25, 0.3) is 0 Å². The fourth-order valence-electron chi connectivity index (χ4n) is 2.18. The molecule has 0 rings (SSSR count). The second kappa shape index (κ2) is 16.3. The minimum absolute atomic E-state index is 0.140. The summed E-state index contributed by atoms with van der Waals surface area (Å²) >= 11 is 0. The van der Waals surface area contributed by atoms with Crippen LogP contribution in [0.5, 0.6) is 0 Å². The Labute approximate surface area is 186 Å². The first kappa shape index (κ1) is 29.6. The van der Waals surface area contributed by atoms with Crippen LogP contribution in [0.3, 0.4) is 0 Å². The normalized spacial score (nSPS) is 13.1. The van der Waals surface area contributed by atoms with E-state index < -0.39 is 0 Å². The van der Waals surface area contributed by atoms with E-state index >= 15 is 0 Å². The number of hydrogen-bond acceptors (Lipinski definition) is 10. The van der Waals surface area contributed by atoms with E-state index in [1.54, 1.807) is 33.1 Å². The van der Waals surface area contributed by atoms with Gasteiger partial charge in [0.25, 0.3) is 0 Å². The Kier molecular flexibility index (Phi) is 15.6. The minimum Gasteiger partial charge on any atom is -0.375 e. The topological polar surface area (TPSA) is 134 Å². The van der Waals surface area contributed by atoms with Crippen molar-refractivity contribution < 1.29 is 24.2 Å². The van der Waals surface area contributed by atoms with Crippen LogP contribution >= 0.6 is 0 Å². The van der Waals surface area contributed by atoms with E-state index in [2.05, 4.69) is 16.1 Å². The predicted molar refractivity (Wildman–Crippen MR) is 118 cm³/mol. The van der Waals surface area contributed by atoms with Crippen molar-refractivity contribution in [1.82, 2.24) is 31.3 Å². The maximum Gasteiger partial charge on any atom is 0.226 e. The van der Waals surface area contributed by atoms with Gasteiger partial charge in [-0.3, -0.25) is 9.59 Å². The number of amides is 2. The van der Waals surface area contributed by atoms with Crippen LogP contribution < -0.4 is 21.8 Å². The second-order valence-electron chi connectivity index (χ2n) is 7.98. The molecule has 0 fully saturated rings. The molecule has 0 aliphatic carbocycles. The highest BCUT2D eigenvalue weighted by Crippen LogP contribution is 2.14. The van der Waals surface area contributed by atoms with Crippen LogP contribution in [0.4, 0.5) is 0 Å². The quantitative estimate of drug-likeness (QED) is 0.122. The number of hydrogen-bond donors (Lipinski definition) is 4. The summed E-state index contributed by atoms with van der Waals surface area (Å²) < 4.78 is 5.78. The fourth-order valence-corrected chi connectivity index (χ4v) is 2.18. The van der Waals surface area contributed by atoms with Crippen molar-refractivity contribution in [3.05, 3.63) is 0 Å². The predicted octanol–water partition coefficient (Wildman–Crippen LogP) is -0.598. The summed E-state index contributed by atoms with van der Waals surface area (Å²) in [5.74, 6) is -0.594. The summed E-state index contributed by atoms with van der Waals surface area (Å²) in [5.41, 5.74) is 7.91. The van der Waals surface area contributed by atoms with Crippen LogP contribution in [-0.2, 0) is 24.2 Å². The summed E-state index contributed by atoms with van der Waals surface area (Å²) in [7, 11) is 5.14. The van der Waals surface area contributed by atoms with E-state index in [0.29, 0.717) is 19.7 Å². The van der Waals surface area contributed by atoms with E-state index in [0.717, 1.165) is 13.0 Å². The summed E-state index contributed by atoms with van der Waals surface area (Å²) in [5, 5.41) is 10.0. The molecule has 31 heavy (non-hydrogen) atoms. The zero-order valence-corrected chi connectivity index (χ0v) is 20.2. The molecule has 0 aliphatic heterocycles. The van der Waals surface area contributed by atoms with E-state index in [-0.39, 0.29) is 43.1 Å². The van der Waals surface area contributed by atoms with Crippen molar-refractivity contribution in [2.75, 3.05) is 60.7 Å². The SMILES string of the molecule is CCN(C)ONCCC(=O)NCN(C)ON(C)CNC(=O)C(C)COC(C)(C)CCN. The Hall–Kier alpha value is -1.38. The number of nitrogens with two attached hydrogens (primary N) is 1. The van der Waals surface area contributed by atoms with Gasteiger partial charge in [-0.25, -0.2) is 9.88 Å². The van der Waals surface area contributed by atoms with Crippen molar-refractivity contribution in [2.45, 2.75) is 46.1 Å². The lowest BCUT2D eigenvalue weighted by Gasteiger charge is -2.27. The third-order valence-electron chi connectivity index (χ3n) is 4.29. The van der Waals surface area contributed by atoms with Gasteiger partial charge in [-0.2, -0.15) is 20.7 Å². The number of carbonyl (C=O) groups is 2. The molecule has 0 bridgehead atoms. The van der Waals surface area contributed by atoms with Crippen molar-refractivity contribution in [2.24, 2.45) is 11.7 Å². The third kappa shape index (κ3) is 16.0. The lowest BCUT2D eigenvalue weighted by molar-refractivity contribution is -0.307. The highest BCUT2D eigenvalue weighted by atomic mass is 16.8. The molecule has 184 valence electrons. The number of carbonyl (C=O) groups excluding carboxylic acids is 2. The molecular formula is C19H43N7O5. The van der Waals surface area contributed by atoms with Gasteiger partial charge < -0.3 is 21.1 Å². The van der Waals surface area contributed by atoms with Gasteiger partial charge in [0.05, 0.1) is 31.5 Å². The van der Waals surface area contributed by atoms with Gasteiger partial charge in [-0.1, -0.05) is 13.8 Å². The number of ether oxygens (including phenoxy) is 1. The molecule has 0 aromatic rings. The van der Waals surface area contributed by atoms with Crippen molar-refractivity contribution in [3.8, 4) is 0 Å². The monoisotopic (exact) mass is 449 g/mol. The van der Waals surface area contributed by atoms with Gasteiger partial charge in [0.15, 0.2) is 0 Å². The van der Waals surface area contributed by atoms with Crippen molar-refractivity contribution >= 4 is 11.8 Å². The lowest BCUT2D eigenvalue weighted by Crippen LogP contribution is -2.44. The van der Waals surface area contributed by atoms with Crippen molar-refractivity contribution in [3.63, 3.8) is 0 Å². The average Bonchev–Trinajstić information content (AvgIpc) is 2.71. The Morgan fingerprint density at radius 2 is 1.68 bits per heavy atom. The molecule has 12 nitrogen and oxygen atoms in total. The first-order valence-corrected chi connectivity index (χ1v) is 10.6. The molecule has 0 aromatic carbocycles. The van der Waals surface area contributed by atoms with Crippen LogP contribution in [0.1, 0.15) is 40.5 Å². The molecule has 0 saturated carbocycles. The van der Waals surface area contributed by atoms with Crippen LogP contribution in [-0.4, -0.2) is 93.3 Å². The van der Waals surface area contributed by atoms with Gasteiger partial charge in [-0.15, -0.1) is 0 Å². The van der Waals surface area contributed by atoms with Crippen LogP contribution in [0.15, 0.2) is 0 Å². The number of nitrogens with zero attached hydrogens (tertiary/aromatic N) is 3. The van der Waals surface area contributed by atoms with E-state index in [9.17, 15) is 9.59 Å². The highest BCUT2D eigenvalue weighted by Gasteiger charge is 2.21. The molecule has 2 amide bonds. The molecule has 12 heteroatoms. The zero-order valence-electron chi connectivity index (χ0n) is 20.2. The second-order valence-corrected chi connectivity index (χ2v) is 7.98. The zero-order chi connectivity index (χ0) is 23.9. The van der Waals surface area contributed by atoms with Gasteiger partial charge in [0.2, 0.25) is 11.8 Å². The summed E-state index contributed by atoms with van der Waals surface area (Å²) in [6.45, 7) is 9.99. The fraction of sp³-hybridized carbons (Fsp3) is 0.895.